The van der Waals surface area contributed by atoms with E-state index in [-0.39, 0.29) is 18.7 Å². The molecule has 4 rings (SSSR count). The maximum Gasteiger partial charge on any atom is 0.231 e. The molecular weight excluding hydrogens is 406 g/mol. The zero-order valence-corrected chi connectivity index (χ0v) is 18.4. The fourth-order valence-electron chi connectivity index (χ4n) is 4.07. The van der Waals surface area contributed by atoms with Crippen LogP contribution in [0.4, 0.5) is 0 Å². The molecule has 2 aliphatic heterocycles. The van der Waals surface area contributed by atoms with Crippen molar-refractivity contribution in [3.8, 4) is 11.5 Å². The Labute approximate surface area is 181 Å². The van der Waals surface area contributed by atoms with E-state index in [1.165, 1.54) is 0 Å². The highest BCUT2D eigenvalue weighted by molar-refractivity contribution is 6.31. The van der Waals surface area contributed by atoms with Gasteiger partial charge in [-0.15, -0.1) is 10.2 Å². The number of rotatable bonds is 6. The third-order valence-corrected chi connectivity index (χ3v) is 5.83. The van der Waals surface area contributed by atoms with Crippen molar-refractivity contribution in [1.82, 2.24) is 25.0 Å². The zero-order valence-electron chi connectivity index (χ0n) is 17.7. The van der Waals surface area contributed by atoms with Gasteiger partial charge >= 0.3 is 0 Å². The number of hydrogen-bond acceptors (Lipinski definition) is 6. The van der Waals surface area contributed by atoms with Gasteiger partial charge in [-0.1, -0.05) is 25.4 Å². The number of amides is 1. The molecule has 0 saturated carbocycles. The summed E-state index contributed by atoms with van der Waals surface area (Å²) >= 11 is 6.47. The minimum Gasteiger partial charge on any atom is -0.454 e. The molecule has 0 aliphatic carbocycles. The number of carbonyl (C=O) groups is 1. The number of nitrogens with one attached hydrogen (secondary N) is 1. The maximum atomic E-state index is 11.7. The number of nitrogens with zero attached hydrogens (tertiary/aromatic N) is 4. The summed E-state index contributed by atoms with van der Waals surface area (Å²) in [7, 11) is 0. The lowest BCUT2D eigenvalue weighted by Gasteiger charge is -2.22. The summed E-state index contributed by atoms with van der Waals surface area (Å²) in [6.07, 6.45) is 1.62. The number of benzene rings is 1. The maximum absolute atomic E-state index is 11.7. The normalized spacial score (nSPS) is 17.0. The van der Waals surface area contributed by atoms with Crippen LogP contribution in [0.2, 0.25) is 5.02 Å². The number of ether oxygens (including phenoxy) is 2. The fraction of sp³-hybridized carbons (Fsp3) is 0.571. The van der Waals surface area contributed by atoms with E-state index in [0.717, 1.165) is 62.0 Å². The molecule has 1 amide bonds. The Morgan fingerprint density at radius 3 is 2.70 bits per heavy atom. The summed E-state index contributed by atoms with van der Waals surface area (Å²) in [5, 5.41) is 12.6. The molecule has 3 heterocycles. The van der Waals surface area contributed by atoms with E-state index >= 15 is 0 Å². The molecule has 0 unspecified atom stereocenters. The Morgan fingerprint density at radius 1 is 1.20 bits per heavy atom. The van der Waals surface area contributed by atoms with Crippen molar-refractivity contribution in [2.75, 3.05) is 19.9 Å². The van der Waals surface area contributed by atoms with Gasteiger partial charge in [-0.3, -0.25) is 9.69 Å². The summed E-state index contributed by atoms with van der Waals surface area (Å²) in [5.41, 5.74) is 1.02. The molecule has 0 fully saturated rings. The molecule has 2 aliphatic rings. The zero-order chi connectivity index (χ0) is 21.3. The van der Waals surface area contributed by atoms with Crippen LogP contribution in [0.1, 0.15) is 50.4 Å². The van der Waals surface area contributed by atoms with Gasteiger partial charge in [0.15, 0.2) is 17.3 Å². The van der Waals surface area contributed by atoms with Crippen molar-refractivity contribution in [3.05, 3.63) is 34.4 Å². The van der Waals surface area contributed by atoms with E-state index in [1.54, 1.807) is 6.92 Å². The Hall–Kier alpha value is -2.32. The van der Waals surface area contributed by atoms with Crippen molar-refractivity contribution in [1.29, 1.82) is 0 Å². The minimum absolute atomic E-state index is 0.0503. The molecule has 0 radical (unpaired) electrons. The second-order valence-corrected chi connectivity index (χ2v) is 8.74. The molecule has 0 bridgehead atoms. The minimum atomic E-state index is -0.126. The van der Waals surface area contributed by atoms with Crippen LogP contribution < -0.4 is 14.8 Å². The third kappa shape index (κ3) is 4.54. The molecule has 2 aromatic rings. The highest BCUT2D eigenvalue weighted by Gasteiger charge is 2.26. The monoisotopic (exact) mass is 433 g/mol. The lowest BCUT2D eigenvalue weighted by molar-refractivity contribution is -0.119. The van der Waals surface area contributed by atoms with Crippen LogP contribution in [-0.2, 0) is 24.3 Å². The molecular formula is C21H28ClN5O3. The van der Waals surface area contributed by atoms with Crippen LogP contribution in [-0.4, -0.2) is 45.5 Å². The van der Waals surface area contributed by atoms with Crippen molar-refractivity contribution in [3.63, 3.8) is 0 Å². The van der Waals surface area contributed by atoms with Gasteiger partial charge in [0.25, 0.3) is 0 Å². The predicted octanol–water partition coefficient (Wildman–Crippen LogP) is 2.94. The van der Waals surface area contributed by atoms with Crippen LogP contribution >= 0.6 is 11.6 Å². The largest absolute Gasteiger partial charge is 0.454 e. The smallest absolute Gasteiger partial charge is 0.231 e. The van der Waals surface area contributed by atoms with E-state index in [0.29, 0.717) is 16.7 Å². The summed E-state index contributed by atoms with van der Waals surface area (Å²) in [5.74, 6) is 3.64. The van der Waals surface area contributed by atoms with Crippen LogP contribution in [0, 0.1) is 5.92 Å². The van der Waals surface area contributed by atoms with Crippen molar-refractivity contribution < 1.29 is 14.3 Å². The molecule has 1 aromatic heterocycles. The average molecular weight is 434 g/mol. The Morgan fingerprint density at radius 2 is 1.97 bits per heavy atom. The SMILES string of the molecule is CC(=O)N[C@H](CC(C)C)c1nnc2n1CCN(Cc1cc3c(cc1Cl)OCO3)CC2. The number of aromatic nitrogens is 3. The first-order valence-corrected chi connectivity index (χ1v) is 10.8. The summed E-state index contributed by atoms with van der Waals surface area (Å²) in [6.45, 7) is 9.27. The molecule has 0 saturated heterocycles. The van der Waals surface area contributed by atoms with E-state index in [2.05, 4.69) is 38.8 Å². The van der Waals surface area contributed by atoms with Crippen molar-refractivity contribution >= 4 is 17.5 Å². The molecule has 9 heteroatoms. The molecule has 8 nitrogen and oxygen atoms in total. The summed E-state index contributed by atoms with van der Waals surface area (Å²) in [4.78, 5) is 14.1. The van der Waals surface area contributed by atoms with Gasteiger partial charge in [-0.25, -0.2) is 0 Å². The lowest BCUT2D eigenvalue weighted by atomic mass is 10.0. The molecule has 162 valence electrons. The second kappa shape index (κ2) is 8.81. The highest BCUT2D eigenvalue weighted by Crippen LogP contribution is 2.37. The molecule has 1 atom stereocenters. The topological polar surface area (TPSA) is 81.5 Å². The first-order valence-electron chi connectivity index (χ1n) is 10.4. The van der Waals surface area contributed by atoms with Crippen molar-refractivity contribution in [2.45, 2.75) is 52.7 Å². The average Bonchev–Trinajstić information content (AvgIpc) is 3.24. The van der Waals surface area contributed by atoms with E-state index in [4.69, 9.17) is 21.1 Å². The summed E-state index contributed by atoms with van der Waals surface area (Å²) in [6, 6.07) is 3.67. The van der Waals surface area contributed by atoms with Gasteiger partial charge in [0, 0.05) is 50.6 Å². The van der Waals surface area contributed by atoms with Crippen molar-refractivity contribution in [2.24, 2.45) is 5.92 Å². The quantitative estimate of drug-likeness (QED) is 0.754. The Bertz CT molecular complexity index is 930. The summed E-state index contributed by atoms with van der Waals surface area (Å²) < 4.78 is 13.1. The van der Waals surface area contributed by atoms with Crippen LogP contribution in [0.3, 0.4) is 0 Å². The van der Waals surface area contributed by atoms with Gasteiger partial charge in [0.2, 0.25) is 12.7 Å². The van der Waals surface area contributed by atoms with Gasteiger partial charge in [-0.05, 0) is 24.0 Å². The lowest BCUT2D eigenvalue weighted by Crippen LogP contribution is -2.31. The Balaban J connectivity index is 1.48. The predicted molar refractivity (Wildman–Crippen MR) is 113 cm³/mol. The molecule has 1 aromatic carbocycles. The fourth-order valence-corrected chi connectivity index (χ4v) is 4.29. The number of carbonyl (C=O) groups excluding carboxylic acids is 1. The van der Waals surface area contributed by atoms with Gasteiger partial charge in [0.1, 0.15) is 5.82 Å². The van der Waals surface area contributed by atoms with E-state index in [1.807, 2.05) is 12.1 Å². The number of hydrogen-bond donors (Lipinski definition) is 1. The molecule has 1 N–H and O–H groups in total. The molecule has 30 heavy (non-hydrogen) atoms. The first kappa shape index (κ1) is 20.9. The van der Waals surface area contributed by atoms with Gasteiger partial charge in [-0.2, -0.15) is 0 Å². The van der Waals surface area contributed by atoms with Gasteiger partial charge in [0.05, 0.1) is 6.04 Å². The Kier molecular flexibility index (Phi) is 6.15. The van der Waals surface area contributed by atoms with E-state index in [9.17, 15) is 4.79 Å². The van der Waals surface area contributed by atoms with Crippen LogP contribution in [0.15, 0.2) is 12.1 Å². The van der Waals surface area contributed by atoms with E-state index < -0.39 is 0 Å². The third-order valence-electron chi connectivity index (χ3n) is 5.48. The second-order valence-electron chi connectivity index (χ2n) is 8.33. The first-order chi connectivity index (χ1) is 14.4. The number of halogens is 1. The standard InChI is InChI=1S/C21H28ClN5O3/c1-13(2)8-17(23-14(3)28)21-25-24-20-4-5-26(6-7-27(20)21)11-15-9-18-19(10-16(15)22)30-12-29-18/h9-10,13,17H,4-8,11-12H2,1-3H3,(H,23,28)/t17-/m1/s1. The van der Waals surface area contributed by atoms with Crippen LogP contribution in [0.5, 0.6) is 11.5 Å². The van der Waals surface area contributed by atoms with Gasteiger partial charge < -0.3 is 19.4 Å². The van der Waals surface area contributed by atoms with Crippen LogP contribution in [0.25, 0.3) is 0 Å². The number of fused-ring (bicyclic) bond motifs is 2. The molecule has 0 spiro atoms. The highest BCUT2D eigenvalue weighted by atomic mass is 35.5.